The number of aromatic nitrogens is 2. The molecule has 11 nitrogen and oxygen atoms in total. The van der Waals surface area contributed by atoms with E-state index in [1.165, 1.54) is 0 Å². The van der Waals surface area contributed by atoms with Gasteiger partial charge in [-0.3, -0.25) is 14.8 Å². The van der Waals surface area contributed by atoms with E-state index in [0.29, 0.717) is 0 Å². The van der Waals surface area contributed by atoms with Crippen LogP contribution in [0.15, 0.2) is 12.4 Å². The van der Waals surface area contributed by atoms with E-state index in [1.807, 2.05) is 0 Å². The van der Waals surface area contributed by atoms with Gasteiger partial charge in [0.2, 0.25) is 0 Å². The lowest BCUT2D eigenvalue weighted by atomic mass is 9.99. The average Bonchev–Trinajstić information content (AvgIpc) is 2.52. The van der Waals surface area contributed by atoms with Gasteiger partial charge in [-0.25, -0.2) is 4.79 Å². The summed E-state index contributed by atoms with van der Waals surface area (Å²) in [5, 5.41) is 64.6. The molecule has 5 atom stereocenters. The Kier molecular flexibility index (Phi) is 6.48. The van der Waals surface area contributed by atoms with E-state index in [0.717, 1.165) is 12.4 Å². The van der Waals surface area contributed by atoms with E-state index in [2.05, 4.69) is 9.97 Å². The van der Waals surface area contributed by atoms with Crippen LogP contribution in [0, 0.1) is 0 Å². The minimum Gasteiger partial charge on any atom is -0.481 e. The Balaban J connectivity index is 3.12. The van der Waals surface area contributed by atoms with Crippen molar-refractivity contribution in [3.05, 3.63) is 23.8 Å². The zero-order valence-electron chi connectivity index (χ0n) is 11.6. The van der Waals surface area contributed by atoms with E-state index in [4.69, 9.17) is 15.3 Å². The Morgan fingerprint density at radius 1 is 1.00 bits per heavy atom. The SMILES string of the molecule is O=C(O)C(O)C(O)C(O)c1cncc(C(C(=O)O)C(O)CO)n1. The smallest absolute Gasteiger partial charge is 0.335 e. The van der Waals surface area contributed by atoms with Crippen LogP contribution in [-0.2, 0) is 9.59 Å². The molecule has 0 radical (unpaired) electrons. The van der Waals surface area contributed by atoms with Crippen LogP contribution in [0.1, 0.15) is 23.4 Å². The van der Waals surface area contributed by atoms with Crippen molar-refractivity contribution in [3.63, 3.8) is 0 Å². The molecule has 0 aliphatic heterocycles. The second-order valence-electron chi connectivity index (χ2n) is 4.65. The highest BCUT2D eigenvalue weighted by atomic mass is 16.4. The molecule has 0 saturated heterocycles. The van der Waals surface area contributed by atoms with Crippen LogP contribution in [0.2, 0.25) is 0 Å². The summed E-state index contributed by atoms with van der Waals surface area (Å²) in [6.07, 6.45) is -6.20. The number of rotatable bonds is 8. The van der Waals surface area contributed by atoms with Gasteiger partial charge in [0.1, 0.15) is 18.1 Å². The quantitative estimate of drug-likeness (QED) is 0.253. The van der Waals surface area contributed by atoms with Crippen molar-refractivity contribution in [1.29, 1.82) is 0 Å². The largest absolute Gasteiger partial charge is 0.481 e. The topological polar surface area (TPSA) is 202 Å². The molecule has 0 aliphatic rings. The standard InChI is InChI=1S/C12H16N2O9/c15-3-6(16)7(11(20)21)4-1-13-2-5(14-4)8(17)9(18)10(19)12(22)23/h1-2,6-10,15-19H,3H2,(H,20,21)(H,22,23). The molecular weight excluding hydrogens is 316 g/mol. The Bertz CT molecular complexity index is 567. The summed E-state index contributed by atoms with van der Waals surface area (Å²) in [5.74, 6) is -4.94. The van der Waals surface area contributed by atoms with Crippen LogP contribution < -0.4 is 0 Å². The molecule has 1 rings (SSSR count). The predicted molar refractivity (Wildman–Crippen MR) is 70.1 cm³/mol. The maximum absolute atomic E-state index is 11.1. The molecule has 1 heterocycles. The first-order chi connectivity index (χ1) is 10.7. The second kappa shape index (κ2) is 7.89. The highest BCUT2D eigenvalue weighted by Crippen LogP contribution is 2.22. The Morgan fingerprint density at radius 2 is 1.57 bits per heavy atom. The van der Waals surface area contributed by atoms with Gasteiger partial charge in [-0.05, 0) is 0 Å². The summed E-state index contributed by atoms with van der Waals surface area (Å²) < 4.78 is 0. The molecule has 0 aromatic carbocycles. The van der Waals surface area contributed by atoms with Gasteiger partial charge in [-0.15, -0.1) is 0 Å². The third-order valence-electron chi connectivity index (χ3n) is 3.03. The molecule has 7 N–H and O–H groups in total. The van der Waals surface area contributed by atoms with E-state index >= 15 is 0 Å². The number of aliphatic hydroxyl groups excluding tert-OH is 5. The van der Waals surface area contributed by atoms with Gasteiger partial charge in [0.25, 0.3) is 0 Å². The van der Waals surface area contributed by atoms with Gasteiger partial charge in [0.05, 0.1) is 30.3 Å². The third kappa shape index (κ3) is 4.40. The Morgan fingerprint density at radius 3 is 2.04 bits per heavy atom. The summed E-state index contributed by atoms with van der Waals surface area (Å²) in [6, 6.07) is 0. The molecule has 0 spiro atoms. The fourth-order valence-corrected chi connectivity index (χ4v) is 1.78. The maximum Gasteiger partial charge on any atom is 0.335 e. The number of hydrogen-bond donors (Lipinski definition) is 7. The number of carboxylic acids is 2. The van der Waals surface area contributed by atoms with Gasteiger partial charge in [0, 0.05) is 6.20 Å². The van der Waals surface area contributed by atoms with Crippen molar-refractivity contribution >= 4 is 11.9 Å². The Labute approximate surface area is 129 Å². The molecule has 0 amide bonds. The number of aliphatic hydroxyl groups is 5. The van der Waals surface area contributed by atoms with Crippen molar-refractivity contribution in [2.24, 2.45) is 0 Å². The lowest BCUT2D eigenvalue weighted by Gasteiger charge is -2.21. The molecule has 0 aliphatic carbocycles. The fourth-order valence-electron chi connectivity index (χ4n) is 1.78. The first-order valence-electron chi connectivity index (χ1n) is 6.31. The number of aliphatic carboxylic acids is 2. The minimum atomic E-state index is -2.30. The van der Waals surface area contributed by atoms with E-state index in [9.17, 15) is 30.0 Å². The lowest BCUT2D eigenvalue weighted by Crippen LogP contribution is -2.38. The summed E-state index contributed by atoms with van der Waals surface area (Å²) >= 11 is 0. The van der Waals surface area contributed by atoms with Crippen molar-refractivity contribution in [2.45, 2.75) is 30.3 Å². The number of nitrogens with zero attached hydrogens (tertiary/aromatic N) is 2. The van der Waals surface area contributed by atoms with Crippen molar-refractivity contribution in [2.75, 3.05) is 6.61 Å². The van der Waals surface area contributed by atoms with Crippen molar-refractivity contribution in [3.8, 4) is 0 Å². The van der Waals surface area contributed by atoms with Crippen LogP contribution in [0.25, 0.3) is 0 Å². The lowest BCUT2D eigenvalue weighted by molar-refractivity contribution is -0.158. The third-order valence-corrected chi connectivity index (χ3v) is 3.03. The summed E-state index contributed by atoms with van der Waals surface area (Å²) in [5.41, 5.74) is -0.737. The summed E-state index contributed by atoms with van der Waals surface area (Å²) in [4.78, 5) is 29.0. The molecule has 23 heavy (non-hydrogen) atoms. The normalized spacial score (nSPS) is 17.8. The van der Waals surface area contributed by atoms with Crippen LogP contribution in [-0.4, -0.2) is 82.6 Å². The molecule has 5 unspecified atom stereocenters. The first-order valence-corrected chi connectivity index (χ1v) is 6.31. The molecule has 128 valence electrons. The first kappa shape index (κ1) is 18.9. The molecule has 11 heteroatoms. The van der Waals surface area contributed by atoms with Gasteiger partial charge in [0.15, 0.2) is 6.10 Å². The van der Waals surface area contributed by atoms with Gasteiger partial charge < -0.3 is 35.7 Å². The molecular formula is C12H16N2O9. The molecule has 0 saturated carbocycles. The molecule has 1 aromatic heterocycles. The highest BCUT2D eigenvalue weighted by molar-refractivity contribution is 5.76. The molecule has 0 fully saturated rings. The van der Waals surface area contributed by atoms with Crippen LogP contribution in [0.5, 0.6) is 0 Å². The number of carbonyl (C=O) groups is 2. The van der Waals surface area contributed by atoms with E-state index < -0.39 is 54.6 Å². The summed E-state index contributed by atoms with van der Waals surface area (Å²) in [7, 11) is 0. The van der Waals surface area contributed by atoms with Crippen LogP contribution in [0.4, 0.5) is 0 Å². The zero-order valence-corrected chi connectivity index (χ0v) is 11.6. The minimum absolute atomic E-state index is 0.326. The van der Waals surface area contributed by atoms with E-state index in [-0.39, 0.29) is 5.69 Å². The number of hydrogen-bond acceptors (Lipinski definition) is 9. The van der Waals surface area contributed by atoms with Gasteiger partial charge >= 0.3 is 11.9 Å². The predicted octanol–water partition coefficient (Wildman–Crippen LogP) is -3.16. The highest BCUT2D eigenvalue weighted by Gasteiger charge is 2.34. The number of carboxylic acid groups (broad SMARTS) is 2. The molecule has 0 bridgehead atoms. The zero-order chi connectivity index (χ0) is 17.7. The summed E-state index contributed by atoms with van der Waals surface area (Å²) in [6.45, 7) is -0.869. The molecule has 1 aromatic rings. The fraction of sp³-hybridized carbons (Fsp3) is 0.500. The van der Waals surface area contributed by atoms with Gasteiger partial charge in [-0.1, -0.05) is 0 Å². The van der Waals surface area contributed by atoms with E-state index in [1.54, 1.807) is 0 Å². The van der Waals surface area contributed by atoms with Crippen LogP contribution >= 0.6 is 0 Å². The average molecular weight is 332 g/mol. The van der Waals surface area contributed by atoms with Crippen molar-refractivity contribution < 1.29 is 45.3 Å². The second-order valence-corrected chi connectivity index (χ2v) is 4.65. The maximum atomic E-state index is 11.1. The Hall–Kier alpha value is -2.18. The van der Waals surface area contributed by atoms with Crippen LogP contribution in [0.3, 0.4) is 0 Å². The van der Waals surface area contributed by atoms with Gasteiger partial charge in [-0.2, -0.15) is 0 Å². The monoisotopic (exact) mass is 332 g/mol. The van der Waals surface area contributed by atoms with Crippen molar-refractivity contribution in [1.82, 2.24) is 9.97 Å².